The van der Waals surface area contributed by atoms with Crippen LogP contribution >= 0.6 is 0 Å². The molecule has 0 saturated carbocycles. The van der Waals surface area contributed by atoms with Gasteiger partial charge >= 0.3 is 23.1 Å². The second-order valence-corrected chi connectivity index (χ2v) is 5.58. The Balaban J connectivity index is 0. The van der Waals surface area contributed by atoms with E-state index in [4.69, 9.17) is 0 Å². The number of allylic oxidation sites excluding steroid dienone is 2. The van der Waals surface area contributed by atoms with Crippen LogP contribution in [0, 0.1) is 0 Å². The third-order valence-corrected chi connectivity index (χ3v) is 3.62. The van der Waals surface area contributed by atoms with Crippen LogP contribution < -0.4 is 0 Å². The van der Waals surface area contributed by atoms with Crippen LogP contribution in [0.3, 0.4) is 0 Å². The summed E-state index contributed by atoms with van der Waals surface area (Å²) in [6, 6.07) is 0. The Hall–Kier alpha value is 0.506. The maximum Gasteiger partial charge on any atom is 0.316 e. The fraction of sp³-hybridized carbons (Fsp3) is 0.889. The molecular weight excluding hydrogens is 241 g/mol. The van der Waals surface area contributed by atoms with Crippen LogP contribution in [0.25, 0.3) is 0 Å². The molecule has 0 saturated heterocycles. The van der Waals surface area contributed by atoms with Gasteiger partial charge in [0.2, 0.25) is 0 Å². The van der Waals surface area contributed by atoms with Crippen molar-refractivity contribution in [3.05, 3.63) is 12.2 Å². The summed E-state index contributed by atoms with van der Waals surface area (Å²) < 4.78 is 0. The van der Waals surface area contributed by atoms with Crippen molar-refractivity contribution in [3.8, 4) is 0 Å². The fourth-order valence-corrected chi connectivity index (χ4v) is 2.32. The van der Waals surface area contributed by atoms with Crippen molar-refractivity contribution in [1.82, 2.24) is 0 Å². The van der Waals surface area contributed by atoms with E-state index in [9.17, 15) is 0 Å². The third kappa shape index (κ3) is 21.0. The van der Waals surface area contributed by atoms with Gasteiger partial charge in [-0.15, -0.1) is 0 Å². The van der Waals surface area contributed by atoms with Crippen LogP contribution in [-0.4, -0.2) is 23.1 Å². The van der Waals surface area contributed by atoms with Gasteiger partial charge in [0.05, 0.1) is 0 Å². The van der Waals surface area contributed by atoms with E-state index in [0.717, 1.165) is 0 Å². The van der Waals surface area contributed by atoms with Gasteiger partial charge in [-0.05, 0) is 25.7 Å². The first-order chi connectivity index (χ1) is 8.91. The van der Waals surface area contributed by atoms with Gasteiger partial charge in [0.25, 0.3) is 0 Å². The van der Waals surface area contributed by atoms with E-state index in [0.29, 0.717) is 0 Å². The van der Waals surface area contributed by atoms with E-state index >= 15 is 0 Å². The molecule has 0 aliphatic heterocycles. The summed E-state index contributed by atoms with van der Waals surface area (Å²) in [5, 5.41) is 0. The first-order valence-electron chi connectivity index (χ1n) is 8.56. The number of unbranched alkanes of at least 4 members (excludes halogenated alkanes) is 12. The average Bonchev–Trinajstić information content (AvgIpc) is 2.39. The summed E-state index contributed by atoms with van der Waals surface area (Å²) in [5.41, 5.74) is 0. The molecule has 0 bridgehead atoms. The van der Waals surface area contributed by atoms with Crippen molar-refractivity contribution in [2.75, 3.05) is 0 Å². The molecule has 0 aromatic carbocycles. The summed E-state index contributed by atoms with van der Waals surface area (Å²) in [4.78, 5) is 0. The third-order valence-electron chi connectivity index (χ3n) is 3.62. The van der Waals surface area contributed by atoms with Crippen molar-refractivity contribution >= 4 is 23.1 Å². The molecule has 0 unspecified atom stereocenters. The van der Waals surface area contributed by atoms with E-state index in [2.05, 4.69) is 26.0 Å². The van der Waals surface area contributed by atoms with E-state index in [1.54, 1.807) is 0 Å². The molecular formula is C18H38Mg. The van der Waals surface area contributed by atoms with Gasteiger partial charge in [-0.2, -0.15) is 0 Å². The molecule has 0 fully saturated rings. The zero-order chi connectivity index (χ0) is 13.3. The molecule has 0 nitrogen and oxygen atoms in total. The summed E-state index contributed by atoms with van der Waals surface area (Å²) in [6.07, 6.45) is 24.4. The molecule has 0 aromatic heterocycles. The maximum absolute atomic E-state index is 2.41. The Morgan fingerprint density at radius 2 is 0.789 bits per heavy atom. The normalized spacial score (nSPS) is 10.8. The van der Waals surface area contributed by atoms with Crippen LogP contribution in [0.15, 0.2) is 12.2 Å². The first kappa shape index (κ1) is 21.8. The van der Waals surface area contributed by atoms with Crippen LogP contribution in [-0.2, 0) is 0 Å². The summed E-state index contributed by atoms with van der Waals surface area (Å²) in [5.74, 6) is 0. The van der Waals surface area contributed by atoms with Gasteiger partial charge in [0.1, 0.15) is 0 Å². The standard InChI is InChI=1S/C18H36.Mg.2H/c1-3-5-7-9-11-13-15-17-18-16-14-12-10-8-6-4-2;;;/h17-18H,3-16H2,1-2H3;;;/b18-17-;;;. The Labute approximate surface area is 139 Å². The van der Waals surface area contributed by atoms with Gasteiger partial charge in [-0.3, -0.25) is 0 Å². The fourth-order valence-electron chi connectivity index (χ4n) is 2.32. The number of rotatable bonds is 14. The van der Waals surface area contributed by atoms with Gasteiger partial charge in [-0.25, -0.2) is 0 Å². The molecule has 0 spiro atoms. The molecule has 19 heavy (non-hydrogen) atoms. The molecule has 0 aliphatic rings. The molecule has 0 aliphatic carbocycles. The molecule has 0 rings (SSSR count). The molecule has 0 heterocycles. The minimum atomic E-state index is 0. The number of hydrogen-bond acceptors (Lipinski definition) is 0. The lowest BCUT2D eigenvalue weighted by Gasteiger charge is -1.98. The molecule has 0 atom stereocenters. The number of hydrogen-bond donors (Lipinski definition) is 0. The van der Waals surface area contributed by atoms with Gasteiger partial charge < -0.3 is 0 Å². The van der Waals surface area contributed by atoms with Crippen molar-refractivity contribution in [1.29, 1.82) is 0 Å². The van der Waals surface area contributed by atoms with Crippen LogP contribution in [0.5, 0.6) is 0 Å². The van der Waals surface area contributed by atoms with Crippen LogP contribution in [0.2, 0.25) is 0 Å². The van der Waals surface area contributed by atoms with Gasteiger partial charge in [0.15, 0.2) is 0 Å². The van der Waals surface area contributed by atoms with Crippen molar-refractivity contribution in [2.24, 2.45) is 0 Å². The molecule has 0 amide bonds. The van der Waals surface area contributed by atoms with Gasteiger partial charge in [-0.1, -0.05) is 90.2 Å². The zero-order valence-electron chi connectivity index (χ0n) is 13.1. The summed E-state index contributed by atoms with van der Waals surface area (Å²) >= 11 is 0. The van der Waals surface area contributed by atoms with Crippen LogP contribution in [0.4, 0.5) is 0 Å². The molecule has 112 valence electrons. The maximum atomic E-state index is 2.41. The minimum absolute atomic E-state index is 0. The van der Waals surface area contributed by atoms with Crippen molar-refractivity contribution < 1.29 is 0 Å². The first-order valence-corrected chi connectivity index (χ1v) is 8.56. The molecule has 0 radical (unpaired) electrons. The highest BCUT2D eigenvalue weighted by molar-refractivity contribution is 5.75. The average molecular weight is 279 g/mol. The van der Waals surface area contributed by atoms with E-state index in [1.807, 2.05) is 0 Å². The second-order valence-electron chi connectivity index (χ2n) is 5.58. The van der Waals surface area contributed by atoms with E-state index in [1.165, 1.54) is 89.9 Å². The highest BCUT2D eigenvalue weighted by Crippen LogP contribution is 2.09. The second kappa shape index (κ2) is 20.8. The van der Waals surface area contributed by atoms with Crippen LogP contribution in [0.1, 0.15) is 104 Å². The monoisotopic (exact) mass is 278 g/mol. The summed E-state index contributed by atoms with van der Waals surface area (Å²) in [6.45, 7) is 4.57. The van der Waals surface area contributed by atoms with Crippen molar-refractivity contribution in [2.45, 2.75) is 104 Å². The van der Waals surface area contributed by atoms with Crippen molar-refractivity contribution in [3.63, 3.8) is 0 Å². The predicted octanol–water partition coefficient (Wildman–Crippen LogP) is 6.13. The predicted molar refractivity (Wildman–Crippen MR) is 93.7 cm³/mol. The highest BCUT2D eigenvalue weighted by atomic mass is 24.3. The topological polar surface area (TPSA) is 0 Å². The Bertz CT molecular complexity index is 145. The van der Waals surface area contributed by atoms with E-state index < -0.39 is 0 Å². The molecule has 0 aromatic rings. The molecule has 0 N–H and O–H groups in total. The summed E-state index contributed by atoms with van der Waals surface area (Å²) in [7, 11) is 0. The quantitative estimate of drug-likeness (QED) is 0.204. The zero-order valence-corrected chi connectivity index (χ0v) is 13.1. The Morgan fingerprint density at radius 3 is 1.16 bits per heavy atom. The minimum Gasteiger partial charge on any atom is -0.0885 e. The largest absolute Gasteiger partial charge is 0.316 e. The SMILES string of the molecule is CCCCCCCC/C=C\CCCCCCCC.[MgH2]. The Kier molecular flexibility index (Phi) is 23.9. The lowest BCUT2D eigenvalue weighted by Crippen LogP contribution is -1.79. The van der Waals surface area contributed by atoms with Gasteiger partial charge in [0, 0.05) is 0 Å². The Morgan fingerprint density at radius 1 is 0.474 bits per heavy atom. The lowest BCUT2D eigenvalue weighted by molar-refractivity contribution is 0.606. The lowest BCUT2D eigenvalue weighted by atomic mass is 10.1. The smallest absolute Gasteiger partial charge is 0.0885 e. The highest BCUT2D eigenvalue weighted by Gasteiger charge is 1.89. The molecule has 1 heteroatoms. The van der Waals surface area contributed by atoms with E-state index in [-0.39, 0.29) is 23.1 Å².